The fraction of sp³-hybridized carbons (Fsp3) is 0.235. The summed E-state index contributed by atoms with van der Waals surface area (Å²) in [6, 6.07) is 8.75. The normalized spacial score (nSPS) is 10.1. The molecule has 124 valence electrons. The summed E-state index contributed by atoms with van der Waals surface area (Å²) in [4.78, 5) is 26.1. The van der Waals surface area contributed by atoms with Gasteiger partial charge in [-0.3, -0.25) is 4.79 Å². The van der Waals surface area contributed by atoms with Crippen LogP contribution in [0.5, 0.6) is 5.75 Å². The van der Waals surface area contributed by atoms with Crippen molar-refractivity contribution < 1.29 is 14.3 Å². The minimum atomic E-state index is -0.492. The number of H-pyrrole nitrogens is 1. The monoisotopic (exact) mass is 390 g/mol. The van der Waals surface area contributed by atoms with Crippen LogP contribution in [0, 0.1) is 18.3 Å². The van der Waals surface area contributed by atoms with Crippen LogP contribution in [0.3, 0.4) is 0 Å². The van der Waals surface area contributed by atoms with E-state index in [4.69, 9.17) is 9.47 Å². The SMILES string of the molecule is CCOC(=O)COc1ccc(Br)cc1-c1cc(C)[nH]c(=O)c1C#N. The van der Waals surface area contributed by atoms with Crippen molar-refractivity contribution in [2.24, 2.45) is 0 Å². The Morgan fingerprint density at radius 3 is 2.75 bits per heavy atom. The molecule has 0 spiro atoms. The van der Waals surface area contributed by atoms with Crippen molar-refractivity contribution in [1.82, 2.24) is 4.98 Å². The number of aromatic nitrogens is 1. The molecule has 2 rings (SSSR count). The molecule has 2 aromatic rings. The van der Waals surface area contributed by atoms with Gasteiger partial charge >= 0.3 is 5.97 Å². The number of esters is 1. The van der Waals surface area contributed by atoms with E-state index in [2.05, 4.69) is 20.9 Å². The van der Waals surface area contributed by atoms with E-state index in [0.717, 1.165) is 4.47 Å². The Bertz CT molecular complexity index is 868. The van der Waals surface area contributed by atoms with Crippen molar-refractivity contribution in [2.45, 2.75) is 13.8 Å². The first-order valence-corrected chi connectivity index (χ1v) is 7.98. The van der Waals surface area contributed by atoms with Crippen LogP contribution >= 0.6 is 15.9 Å². The van der Waals surface area contributed by atoms with Crippen LogP contribution in [0.4, 0.5) is 0 Å². The Labute approximate surface area is 147 Å². The summed E-state index contributed by atoms with van der Waals surface area (Å²) in [5.41, 5.74) is 1.12. The van der Waals surface area contributed by atoms with E-state index >= 15 is 0 Å². The van der Waals surface area contributed by atoms with E-state index in [9.17, 15) is 14.9 Å². The van der Waals surface area contributed by atoms with E-state index in [-0.39, 0.29) is 18.8 Å². The standard InChI is InChI=1S/C17H15BrN2O4/c1-3-23-16(21)9-24-15-5-4-11(18)7-13(15)12-6-10(2)20-17(22)14(12)8-19/h4-7H,3,9H2,1-2H3,(H,20,22). The summed E-state index contributed by atoms with van der Waals surface area (Å²) < 4.78 is 11.1. The summed E-state index contributed by atoms with van der Waals surface area (Å²) in [6.07, 6.45) is 0. The van der Waals surface area contributed by atoms with Crippen LogP contribution in [0.15, 0.2) is 33.5 Å². The molecule has 1 aromatic carbocycles. The maximum absolute atomic E-state index is 12.0. The highest BCUT2D eigenvalue weighted by atomic mass is 79.9. The van der Waals surface area contributed by atoms with Crippen LogP contribution in [-0.2, 0) is 9.53 Å². The number of hydrogen-bond donors (Lipinski definition) is 1. The molecule has 1 heterocycles. The lowest BCUT2D eigenvalue weighted by Crippen LogP contribution is -2.16. The molecular weight excluding hydrogens is 376 g/mol. The summed E-state index contributed by atoms with van der Waals surface area (Å²) >= 11 is 3.37. The van der Waals surface area contributed by atoms with Crippen molar-refractivity contribution >= 4 is 21.9 Å². The molecule has 0 unspecified atom stereocenters. The third-order valence-corrected chi connectivity index (χ3v) is 3.66. The molecule has 7 heteroatoms. The largest absolute Gasteiger partial charge is 0.481 e. The molecular formula is C17H15BrN2O4. The van der Waals surface area contributed by atoms with Gasteiger partial charge in [-0.05, 0) is 38.1 Å². The number of carbonyl (C=O) groups excluding carboxylic acids is 1. The van der Waals surface area contributed by atoms with Crippen LogP contribution < -0.4 is 10.3 Å². The second-order valence-corrected chi connectivity index (χ2v) is 5.83. The molecule has 1 aromatic heterocycles. The predicted octanol–water partition coefficient (Wildman–Crippen LogP) is 2.93. The highest BCUT2D eigenvalue weighted by Crippen LogP contribution is 2.34. The van der Waals surface area contributed by atoms with Crippen LogP contribution in [0.1, 0.15) is 18.2 Å². The maximum atomic E-state index is 12.0. The minimum absolute atomic E-state index is 0.0142. The third kappa shape index (κ3) is 4.03. The molecule has 0 fully saturated rings. The highest BCUT2D eigenvalue weighted by Gasteiger charge is 2.16. The lowest BCUT2D eigenvalue weighted by Gasteiger charge is -2.13. The number of aryl methyl sites for hydroxylation is 1. The van der Waals surface area contributed by atoms with Crippen LogP contribution in [0.2, 0.25) is 0 Å². The molecule has 0 bridgehead atoms. The average Bonchev–Trinajstić information content (AvgIpc) is 2.53. The molecule has 0 aliphatic heterocycles. The van der Waals surface area contributed by atoms with E-state index in [1.807, 2.05) is 6.07 Å². The quantitative estimate of drug-likeness (QED) is 0.792. The number of nitrogens with one attached hydrogen (secondary N) is 1. The topological polar surface area (TPSA) is 92.2 Å². The number of rotatable bonds is 5. The zero-order chi connectivity index (χ0) is 17.7. The van der Waals surface area contributed by atoms with Crippen LogP contribution in [0.25, 0.3) is 11.1 Å². The van der Waals surface area contributed by atoms with Crippen molar-refractivity contribution in [2.75, 3.05) is 13.2 Å². The molecule has 0 radical (unpaired) electrons. The average molecular weight is 391 g/mol. The molecule has 0 saturated carbocycles. The van der Waals surface area contributed by atoms with Gasteiger partial charge in [0.2, 0.25) is 0 Å². The Balaban J connectivity index is 2.51. The molecule has 0 atom stereocenters. The van der Waals surface area contributed by atoms with Crippen molar-refractivity contribution in [3.8, 4) is 22.9 Å². The minimum Gasteiger partial charge on any atom is -0.481 e. The molecule has 24 heavy (non-hydrogen) atoms. The Hall–Kier alpha value is -2.59. The number of benzene rings is 1. The zero-order valence-corrected chi connectivity index (χ0v) is 14.8. The van der Waals surface area contributed by atoms with Gasteiger partial charge in [0.25, 0.3) is 5.56 Å². The Morgan fingerprint density at radius 1 is 1.33 bits per heavy atom. The lowest BCUT2D eigenvalue weighted by atomic mass is 10.00. The number of nitrogens with zero attached hydrogens (tertiary/aromatic N) is 1. The number of carbonyl (C=O) groups is 1. The first kappa shape index (κ1) is 17.8. The number of nitriles is 1. The van der Waals surface area contributed by atoms with Gasteiger partial charge in [0.1, 0.15) is 17.4 Å². The Kier molecular flexibility index (Phi) is 5.77. The first-order chi connectivity index (χ1) is 11.5. The van der Waals surface area contributed by atoms with E-state index in [0.29, 0.717) is 22.6 Å². The molecule has 0 aliphatic rings. The van der Waals surface area contributed by atoms with E-state index in [1.165, 1.54) is 0 Å². The summed E-state index contributed by atoms with van der Waals surface area (Å²) in [6.45, 7) is 3.44. The molecule has 0 amide bonds. The number of ether oxygens (including phenoxy) is 2. The van der Waals surface area contributed by atoms with E-state index in [1.54, 1.807) is 38.1 Å². The fourth-order valence-corrected chi connectivity index (χ4v) is 2.55. The maximum Gasteiger partial charge on any atom is 0.344 e. The number of pyridine rings is 1. The van der Waals surface area contributed by atoms with Gasteiger partial charge < -0.3 is 14.5 Å². The van der Waals surface area contributed by atoms with Gasteiger partial charge in [-0.15, -0.1) is 0 Å². The second-order valence-electron chi connectivity index (χ2n) is 4.92. The zero-order valence-electron chi connectivity index (χ0n) is 13.2. The predicted molar refractivity (Wildman–Crippen MR) is 91.8 cm³/mol. The molecule has 0 saturated heterocycles. The smallest absolute Gasteiger partial charge is 0.344 e. The molecule has 6 nitrogen and oxygen atoms in total. The number of halogens is 1. The Morgan fingerprint density at radius 2 is 2.08 bits per heavy atom. The van der Waals surface area contributed by atoms with Crippen LogP contribution in [-0.4, -0.2) is 24.2 Å². The van der Waals surface area contributed by atoms with Gasteiger partial charge in [-0.25, -0.2) is 4.79 Å². The van der Waals surface area contributed by atoms with Gasteiger partial charge in [0, 0.05) is 21.3 Å². The van der Waals surface area contributed by atoms with Gasteiger partial charge in [0.05, 0.1) is 6.61 Å². The summed E-state index contributed by atoms with van der Waals surface area (Å²) in [5.74, 6) is -0.110. The fourth-order valence-electron chi connectivity index (χ4n) is 2.19. The highest BCUT2D eigenvalue weighted by molar-refractivity contribution is 9.10. The third-order valence-electron chi connectivity index (χ3n) is 3.16. The van der Waals surface area contributed by atoms with Gasteiger partial charge in [0.15, 0.2) is 6.61 Å². The van der Waals surface area contributed by atoms with Crippen molar-refractivity contribution in [1.29, 1.82) is 5.26 Å². The van der Waals surface area contributed by atoms with E-state index < -0.39 is 11.5 Å². The molecule has 1 N–H and O–H groups in total. The number of hydrogen-bond acceptors (Lipinski definition) is 5. The van der Waals surface area contributed by atoms with Gasteiger partial charge in [-0.1, -0.05) is 15.9 Å². The lowest BCUT2D eigenvalue weighted by molar-refractivity contribution is -0.145. The van der Waals surface area contributed by atoms with Crippen molar-refractivity contribution in [3.05, 3.63) is 50.3 Å². The van der Waals surface area contributed by atoms with Gasteiger partial charge in [-0.2, -0.15) is 5.26 Å². The summed E-state index contributed by atoms with van der Waals surface area (Å²) in [5, 5.41) is 9.30. The van der Waals surface area contributed by atoms with Crippen molar-refractivity contribution in [3.63, 3.8) is 0 Å². The molecule has 0 aliphatic carbocycles. The first-order valence-electron chi connectivity index (χ1n) is 7.18. The second kappa shape index (κ2) is 7.79. The number of aromatic amines is 1. The summed E-state index contributed by atoms with van der Waals surface area (Å²) in [7, 11) is 0.